The number of aryl methyl sites for hydroxylation is 1. The van der Waals surface area contributed by atoms with Crippen LogP contribution in [0.2, 0.25) is 0 Å². The molecule has 24 rings (SSSR count). The molecule has 6 bridgehead atoms. The van der Waals surface area contributed by atoms with E-state index in [0.29, 0.717) is 52.4 Å². The number of anilines is 3. The van der Waals surface area contributed by atoms with Crippen LogP contribution in [0.5, 0.6) is 0 Å². The van der Waals surface area contributed by atoms with Crippen molar-refractivity contribution in [1.29, 1.82) is 0 Å². The van der Waals surface area contributed by atoms with Crippen LogP contribution >= 0.6 is 0 Å². The Morgan fingerprint density at radius 3 is 1.12 bits per heavy atom. The predicted molar refractivity (Wildman–Crippen MR) is 565 cm³/mol. The largest absolute Gasteiger partial charge is 0.543 e. The number of carbonyl (C=O) groups is 8. The molecule has 18 aliphatic heterocycles. The fraction of sp³-hybridized carbons (Fsp3) is 0.544. The van der Waals surface area contributed by atoms with Crippen LogP contribution in [-0.4, -0.2) is 348 Å². The van der Waals surface area contributed by atoms with Gasteiger partial charge < -0.3 is 101 Å². The molecule has 9 unspecified atom stereocenters. The third kappa shape index (κ3) is 20.5. The fourth-order valence-electron chi connectivity index (χ4n) is 27.8. The molecule has 6 aromatic rings. The summed E-state index contributed by atoms with van der Waals surface area (Å²) in [4.78, 5) is 123. The second kappa shape index (κ2) is 44.9. The minimum atomic E-state index is -1.31. The number of aliphatic hydroxyl groups excluding tert-OH is 1. The molecule has 0 spiro atoms. The second-order valence-corrected chi connectivity index (χ2v) is 44.2. The summed E-state index contributed by atoms with van der Waals surface area (Å²) in [5.41, 5.74) is 35.1. The van der Waals surface area contributed by atoms with E-state index < -0.39 is 66.3 Å². The summed E-state index contributed by atoms with van der Waals surface area (Å²) in [5.74, 6) is -5.53. The number of carboxylic acids is 1. The number of azide groups is 2. The number of β-lactam (4-membered cyclic amide) rings is 3. The lowest BCUT2D eigenvalue weighted by Crippen LogP contribution is -2.75. The van der Waals surface area contributed by atoms with Gasteiger partial charge in [-0.2, -0.15) is 0 Å². The Balaban J connectivity index is 0.000000138. The minimum absolute atomic E-state index is 0.00390. The van der Waals surface area contributed by atoms with Crippen LogP contribution in [0.25, 0.3) is 53.2 Å². The summed E-state index contributed by atoms with van der Waals surface area (Å²) in [6.45, 7) is 62.1. The van der Waals surface area contributed by atoms with Gasteiger partial charge in [-0.3, -0.25) is 19.3 Å². The SMILES string of the molecule is C=CCOC(=O)OC(C)C1C(=O)N2C(C(=O)OCC=C)=C(CN3Cc4ccc(CCC)c5cccc3c45)[C@H](C)C12.C=CCOC(=O)OC(C)C1C(=O)N2C(C(=O)OCC=C)=C(CN3Cc4ccc(CC[N+]56CC[N+](CCCN=[N+]=[N-])(CC5)CC6)c5cccc3c45)[C@H](C)C12.CC(O)C1C(=O)N2C(C(=O)[O-])=C(CN3Cc4ccc(CC[N+]56CC[N+](CCC[NH3+])(CC5)CC6)c5cccc3c45)[C@H](C)C12.[N-]=[N+]=NCCC[N+]12CCN(CC1)CC2. The predicted octanol–water partition coefficient (Wildman–Crippen LogP) is 11.2. The quantitative estimate of drug-likeness (QED) is 0.00414. The van der Waals surface area contributed by atoms with Crippen LogP contribution in [0.3, 0.4) is 0 Å². The van der Waals surface area contributed by atoms with Gasteiger partial charge in [-0.15, -0.1) is 0 Å². The van der Waals surface area contributed by atoms with Gasteiger partial charge in [-0.05, 0) is 123 Å². The van der Waals surface area contributed by atoms with Crippen molar-refractivity contribution in [2.24, 2.45) is 45.7 Å². The maximum atomic E-state index is 13.7. The van der Waals surface area contributed by atoms with Gasteiger partial charge in [-0.25, -0.2) is 19.2 Å². The fourth-order valence-corrected chi connectivity index (χ4v) is 27.8. The van der Waals surface area contributed by atoms with E-state index in [-0.39, 0.29) is 97.1 Å². The number of rotatable bonds is 41. The summed E-state index contributed by atoms with van der Waals surface area (Å²) in [6, 6.07) is 32.0. The molecule has 0 aromatic heterocycles. The van der Waals surface area contributed by atoms with Crippen molar-refractivity contribution in [1.82, 2.24) is 19.6 Å². The van der Waals surface area contributed by atoms with E-state index >= 15 is 0 Å². The van der Waals surface area contributed by atoms with Gasteiger partial charge in [0, 0.05) is 165 Å². The highest BCUT2D eigenvalue weighted by atomic mass is 16.7. The Kier molecular flexibility index (Phi) is 32.0. The van der Waals surface area contributed by atoms with E-state index in [9.17, 15) is 48.6 Å². The summed E-state index contributed by atoms with van der Waals surface area (Å²) >= 11 is 0. The number of amides is 3. The smallest absolute Gasteiger partial charge is 0.508 e. The highest BCUT2D eigenvalue weighted by molar-refractivity contribution is 6.07. The number of aliphatic carboxylic acids is 1. The first kappa shape index (κ1) is 106. The number of fused-ring (bicyclic) bond motifs is 12. The Labute approximate surface area is 873 Å². The molecular weight excluding hydrogens is 1890 g/mol. The molecule has 35 nitrogen and oxygen atoms in total. The van der Waals surface area contributed by atoms with Crippen LogP contribution in [0.1, 0.15) is 108 Å². The Morgan fingerprint density at radius 2 is 0.779 bits per heavy atom. The molecule has 6 aromatic carbocycles. The Bertz CT molecular complexity index is 6370. The normalized spacial score (nSPS) is 27.9. The summed E-state index contributed by atoms with van der Waals surface area (Å²) in [6.07, 6.45) is 9.33. The van der Waals surface area contributed by atoms with Gasteiger partial charge >= 0.3 is 24.2 Å². The zero-order valence-electron chi connectivity index (χ0n) is 88.0. The topological polar surface area (TPSA) is 383 Å². The van der Waals surface area contributed by atoms with Crippen LogP contribution in [0, 0.1) is 35.5 Å². The minimum Gasteiger partial charge on any atom is -0.543 e. The lowest BCUT2D eigenvalue weighted by molar-refractivity contribution is -1.08. The molecule has 792 valence electrons. The molecule has 0 aliphatic carbocycles. The van der Waals surface area contributed by atoms with E-state index in [1.807, 2.05) is 20.8 Å². The van der Waals surface area contributed by atoms with Gasteiger partial charge in [0.15, 0.2) is 0 Å². The summed E-state index contributed by atoms with van der Waals surface area (Å²) in [5, 5.41) is 37.5. The van der Waals surface area contributed by atoms with E-state index in [1.165, 1.54) is 266 Å². The maximum absolute atomic E-state index is 13.7. The number of hydrogen-bond acceptors (Lipinski definition) is 22. The zero-order chi connectivity index (χ0) is 105. The first-order valence-corrected chi connectivity index (χ1v) is 54.2. The number of ether oxygens (including phenoxy) is 6. The van der Waals surface area contributed by atoms with Crippen molar-refractivity contribution < 1.29 is 105 Å². The molecule has 12 fully saturated rings. The maximum Gasteiger partial charge on any atom is 0.508 e. The van der Waals surface area contributed by atoms with E-state index in [2.05, 4.69) is 170 Å². The zero-order valence-corrected chi connectivity index (χ0v) is 88.0. The highest BCUT2D eigenvalue weighted by Crippen LogP contribution is 2.54. The van der Waals surface area contributed by atoms with E-state index in [1.54, 1.807) is 25.7 Å². The van der Waals surface area contributed by atoms with Crippen LogP contribution < -0.4 is 25.5 Å². The van der Waals surface area contributed by atoms with Crippen LogP contribution in [0.4, 0.5) is 26.7 Å². The number of aliphatic hydroxyl groups is 1. The van der Waals surface area contributed by atoms with E-state index in [0.717, 1.165) is 91.9 Å². The van der Waals surface area contributed by atoms with Crippen molar-refractivity contribution in [3.8, 4) is 0 Å². The molecule has 12 saturated heterocycles. The average Bonchev–Trinajstić information content (AvgIpc) is 1.56. The van der Waals surface area contributed by atoms with Gasteiger partial charge in [0.25, 0.3) is 0 Å². The lowest BCUT2D eigenvalue weighted by atomic mass is 9.77. The highest BCUT2D eigenvalue weighted by Gasteiger charge is 2.65. The second-order valence-electron chi connectivity index (χ2n) is 44.2. The number of hydrogen-bond donors (Lipinski definition) is 2. The molecule has 18 aliphatic rings. The molecule has 18 heterocycles. The molecule has 0 radical (unpaired) electrons. The number of esters is 2. The summed E-state index contributed by atoms with van der Waals surface area (Å²) in [7, 11) is 0. The number of nitrogens with zero attached hydrogens (tertiary/aromatic N) is 18. The van der Waals surface area contributed by atoms with Gasteiger partial charge in [0.05, 0.1) is 113 Å². The first-order chi connectivity index (χ1) is 72.0. The van der Waals surface area contributed by atoms with Crippen LogP contribution in [0.15, 0.2) is 186 Å². The van der Waals surface area contributed by atoms with Crippen molar-refractivity contribution in [2.45, 2.75) is 149 Å². The number of benzene rings is 6. The number of carbonyl (C=O) groups excluding carboxylic acids is 8. The molecule has 35 heteroatoms. The van der Waals surface area contributed by atoms with E-state index in [4.69, 9.17) is 39.5 Å². The molecule has 4 N–H and O–H groups in total. The van der Waals surface area contributed by atoms with Crippen molar-refractivity contribution in [3.05, 3.63) is 230 Å². The monoisotopic (exact) mass is 2040 g/mol. The molecule has 0 saturated carbocycles. The average molecular weight is 2040 g/mol. The third-order valence-electron chi connectivity index (χ3n) is 36.1. The number of quaternary nitrogens is 6. The summed E-state index contributed by atoms with van der Waals surface area (Å²) < 4.78 is 38.0. The Morgan fingerprint density at radius 1 is 0.456 bits per heavy atom. The number of carboxylic acid groups (broad SMARTS) is 1. The molecular formula is C114H150N19O16+5. The van der Waals surface area contributed by atoms with Crippen molar-refractivity contribution >= 4 is 97.3 Å². The Hall–Kier alpha value is -12.7. The lowest BCUT2D eigenvalue weighted by Gasteiger charge is -2.55. The molecule has 149 heavy (non-hydrogen) atoms. The van der Waals surface area contributed by atoms with Gasteiger partial charge in [0.2, 0.25) is 17.7 Å². The van der Waals surface area contributed by atoms with Crippen LogP contribution in [-0.2, 0) is 96.1 Å². The van der Waals surface area contributed by atoms with Gasteiger partial charge in [-0.1, -0.05) is 168 Å². The standard InChI is InChI=1S/C40H51N7O6.C33H44N5O4.C32H36N2O6.C9H18N5/c1-5-23-51-39(49)37-32(27(3)36-34(38(48)45(36)37)28(4)53-40(50)52-24-6-2)26-44-25-30-12-11-29(31-9-7-10-33(44)35(30)31)13-16-47-20-17-46(18-21-47,19-22-47)15-8-14-42-43-41;1-21-26(31(33(41)42)36-30(21)28(22(2)39)32(36)40)20-35-19-24-8-7-23(25-5-3-6-27(35)29(24)25)9-12-38-16-13-37(14-17-38,15-18-38)11-4-10-34;1-6-10-21-13-14-22-17-33(25-12-9-11-23(21)27(22)25)18-24-19(4)28-26(20(5)40-32(37)39-16-8-3)30(35)34(28)29(24)31(36)38-15-7-2;10-12-11-2-1-6-14-7-3-13(4-8-14)5-9-14/h5-7,9-12,27-28,34,36H,1-2,8,13-26H2,3-4H3;3,5-8,21-22,28,30,39H,4,9-20,34H2,1-2H3;7-9,11-14,19-20,26,28H,2-3,6,10,15-18H2,1,4-5H3;1-9H2/q+2;+1;;+1/p+1/t27-,28?,34?,36?,46?,47?;21-,22?,28?,30?,37?,38?;19-,20?,26?,28?;/m000./s1. The first-order valence-electron chi connectivity index (χ1n) is 54.2. The number of piperazine rings is 9. The van der Waals surface area contributed by atoms with Crippen molar-refractivity contribution in [3.63, 3.8) is 0 Å². The van der Waals surface area contributed by atoms with Gasteiger partial charge in [0.1, 0.15) is 129 Å². The molecule has 3 amide bonds. The van der Waals surface area contributed by atoms with Crippen molar-refractivity contribution in [2.75, 3.05) is 231 Å². The third-order valence-corrected chi connectivity index (χ3v) is 36.1. The molecule has 12 atom stereocenters.